The number of H-pyrrole nitrogens is 1. The summed E-state index contributed by atoms with van der Waals surface area (Å²) in [6.45, 7) is 0.683. The number of carbonyl (C=O) groups excluding carboxylic acids is 1. The van der Waals surface area contributed by atoms with E-state index in [-0.39, 0.29) is 11.8 Å². The summed E-state index contributed by atoms with van der Waals surface area (Å²) in [5, 5.41) is 26.9. The third-order valence-electron chi connectivity index (χ3n) is 6.71. The number of aromatic amines is 1. The third-order valence-corrected chi connectivity index (χ3v) is 6.96. The van der Waals surface area contributed by atoms with E-state index >= 15 is 0 Å². The maximum Gasteiger partial charge on any atom is 0.248 e. The van der Waals surface area contributed by atoms with Crippen LogP contribution < -0.4 is 0 Å². The second-order valence-corrected chi connectivity index (χ2v) is 9.46. The number of likely N-dealkylation sites (tertiary alicyclic amines) is 1. The molecule has 1 saturated heterocycles. The number of benzene rings is 2. The highest BCUT2D eigenvalue weighted by Crippen LogP contribution is 2.39. The van der Waals surface area contributed by atoms with Gasteiger partial charge in [-0.15, -0.1) is 0 Å². The first-order valence-electron chi connectivity index (χ1n) is 12.1. The van der Waals surface area contributed by atoms with Crippen LogP contribution in [0.15, 0.2) is 60.8 Å². The first-order chi connectivity index (χ1) is 18.1. The Bertz CT molecular complexity index is 1440. The average Bonchev–Trinajstić information content (AvgIpc) is 3.39. The molecule has 0 spiro atoms. The minimum absolute atomic E-state index is 0.156. The number of halogens is 1. The van der Waals surface area contributed by atoms with E-state index in [2.05, 4.69) is 16.2 Å². The summed E-state index contributed by atoms with van der Waals surface area (Å²) in [6, 6.07) is 19.0. The SMILES string of the molecule is N#Cc1ccc(Cc2nccc(-c3c(-c4ccc(Cl)cc4)n[nH]c3C3CCN(C(=O)CO)CC3)n2)cc1. The second kappa shape index (κ2) is 10.9. The van der Waals surface area contributed by atoms with Crippen molar-refractivity contribution in [3.8, 4) is 28.6 Å². The van der Waals surface area contributed by atoms with Crippen molar-refractivity contribution in [2.24, 2.45) is 0 Å². The Labute approximate surface area is 219 Å². The van der Waals surface area contributed by atoms with Crippen molar-refractivity contribution in [1.29, 1.82) is 5.26 Å². The number of rotatable bonds is 6. The highest BCUT2D eigenvalue weighted by atomic mass is 35.5. The van der Waals surface area contributed by atoms with E-state index in [4.69, 9.17) is 26.9 Å². The number of nitrogens with one attached hydrogen (secondary N) is 1. The first kappa shape index (κ1) is 24.6. The topological polar surface area (TPSA) is 119 Å². The molecule has 0 saturated carbocycles. The fourth-order valence-electron chi connectivity index (χ4n) is 4.75. The van der Waals surface area contributed by atoms with Crippen LogP contribution in [-0.2, 0) is 11.2 Å². The maximum atomic E-state index is 12.0. The maximum absolute atomic E-state index is 12.0. The second-order valence-electron chi connectivity index (χ2n) is 9.02. The Balaban J connectivity index is 1.50. The van der Waals surface area contributed by atoms with E-state index in [1.165, 1.54) is 0 Å². The molecule has 9 heteroatoms. The van der Waals surface area contributed by atoms with Crippen molar-refractivity contribution in [2.75, 3.05) is 19.7 Å². The van der Waals surface area contributed by atoms with Crippen LogP contribution in [0.4, 0.5) is 0 Å². The molecule has 0 atom stereocenters. The summed E-state index contributed by atoms with van der Waals surface area (Å²) >= 11 is 6.13. The number of amides is 1. The first-order valence-corrected chi connectivity index (χ1v) is 12.5. The molecule has 8 nitrogen and oxygen atoms in total. The molecule has 0 unspecified atom stereocenters. The van der Waals surface area contributed by atoms with Crippen LogP contribution in [0.1, 0.15) is 41.4 Å². The van der Waals surface area contributed by atoms with Crippen molar-refractivity contribution < 1.29 is 9.90 Å². The summed E-state index contributed by atoms with van der Waals surface area (Å²) in [7, 11) is 0. The predicted octanol–water partition coefficient (Wildman–Crippen LogP) is 4.35. The van der Waals surface area contributed by atoms with Gasteiger partial charge in [-0.3, -0.25) is 9.89 Å². The van der Waals surface area contributed by atoms with Gasteiger partial charge in [0.2, 0.25) is 5.91 Å². The molecule has 37 heavy (non-hydrogen) atoms. The van der Waals surface area contributed by atoms with Gasteiger partial charge in [-0.25, -0.2) is 9.97 Å². The van der Waals surface area contributed by atoms with Crippen LogP contribution in [0.3, 0.4) is 0 Å². The van der Waals surface area contributed by atoms with Gasteiger partial charge < -0.3 is 10.0 Å². The molecule has 2 N–H and O–H groups in total. The third kappa shape index (κ3) is 5.38. The summed E-state index contributed by atoms with van der Waals surface area (Å²) in [4.78, 5) is 23.1. The summed E-state index contributed by atoms with van der Waals surface area (Å²) in [6.07, 6.45) is 3.80. The van der Waals surface area contributed by atoms with Gasteiger partial charge in [-0.2, -0.15) is 10.4 Å². The number of hydrogen-bond acceptors (Lipinski definition) is 6. The molecule has 2 aromatic heterocycles. The molecule has 1 aliphatic rings. The number of hydrogen-bond donors (Lipinski definition) is 2. The van der Waals surface area contributed by atoms with Crippen molar-refractivity contribution in [1.82, 2.24) is 25.1 Å². The normalized spacial score (nSPS) is 13.9. The van der Waals surface area contributed by atoms with Gasteiger partial charge in [0.15, 0.2) is 0 Å². The van der Waals surface area contributed by atoms with Crippen molar-refractivity contribution >= 4 is 17.5 Å². The fourth-order valence-corrected chi connectivity index (χ4v) is 4.87. The quantitative estimate of drug-likeness (QED) is 0.396. The lowest BCUT2D eigenvalue weighted by atomic mass is 9.88. The lowest BCUT2D eigenvalue weighted by Crippen LogP contribution is -2.39. The molecule has 5 rings (SSSR count). The Kier molecular flexibility index (Phi) is 7.26. The number of aliphatic hydroxyl groups excluding tert-OH is 1. The minimum Gasteiger partial charge on any atom is -0.387 e. The largest absolute Gasteiger partial charge is 0.387 e. The van der Waals surface area contributed by atoms with Crippen LogP contribution >= 0.6 is 11.6 Å². The highest BCUT2D eigenvalue weighted by Gasteiger charge is 2.29. The standard InChI is InChI=1S/C28H25ClN6O2/c29-22-7-5-20(6-8-22)27-26(28(34-33-27)21-10-13-35(14-11-21)25(37)17-36)23-9-12-31-24(32-23)15-18-1-3-19(16-30)4-2-18/h1-9,12,21,36H,10-11,13-15,17H2,(H,33,34). The van der Waals surface area contributed by atoms with Gasteiger partial charge in [0.05, 0.1) is 17.3 Å². The fraction of sp³-hybridized carbons (Fsp3) is 0.250. The number of nitrogens with zero attached hydrogens (tertiary/aromatic N) is 5. The molecular formula is C28H25ClN6O2. The highest BCUT2D eigenvalue weighted by molar-refractivity contribution is 6.30. The number of carbonyl (C=O) groups is 1. The number of nitriles is 1. The molecule has 2 aromatic carbocycles. The average molecular weight is 513 g/mol. The Hall–Kier alpha value is -4.06. The van der Waals surface area contributed by atoms with Crippen LogP contribution in [0.5, 0.6) is 0 Å². The minimum atomic E-state index is -0.469. The molecule has 1 fully saturated rings. The Morgan fingerprint density at radius 2 is 1.84 bits per heavy atom. The summed E-state index contributed by atoms with van der Waals surface area (Å²) in [5.41, 5.74) is 5.98. The van der Waals surface area contributed by atoms with Crippen molar-refractivity contribution in [3.05, 3.63) is 88.5 Å². The summed E-state index contributed by atoms with van der Waals surface area (Å²) < 4.78 is 0. The smallest absolute Gasteiger partial charge is 0.248 e. The van der Waals surface area contributed by atoms with E-state index in [1.54, 1.807) is 23.2 Å². The van der Waals surface area contributed by atoms with Gasteiger partial charge in [-0.05, 0) is 48.7 Å². The molecule has 1 aliphatic heterocycles. The summed E-state index contributed by atoms with van der Waals surface area (Å²) in [5.74, 6) is 0.580. The molecule has 0 aliphatic carbocycles. The monoisotopic (exact) mass is 512 g/mol. The Morgan fingerprint density at radius 3 is 2.51 bits per heavy atom. The van der Waals surface area contributed by atoms with Crippen molar-refractivity contribution in [2.45, 2.75) is 25.2 Å². The number of aromatic nitrogens is 4. The molecule has 3 heterocycles. The zero-order chi connectivity index (χ0) is 25.8. The van der Waals surface area contributed by atoms with Crippen LogP contribution in [0, 0.1) is 11.3 Å². The molecular weight excluding hydrogens is 488 g/mol. The molecule has 186 valence electrons. The van der Waals surface area contributed by atoms with Gasteiger partial charge >= 0.3 is 0 Å². The molecule has 0 bridgehead atoms. The van der Waals surface area contributed by atoms with E-state index in [0.29, 0.717) is 35.9 Å². The van der Waals surface area contributed by atoms with Gasteiger partial charge in [0.1, 0.15) is 18.1 Å². The van der Waals surface area contributed by atoms with Crippen molar-refractivity contribution in [3.63, 3.8) is 0 Å². The molecule has 0 radical (unpaired) electrons. The van der Waals surface area contributed by atoms with Gasteiger partial charge in [0.25, 0.3) is 0 Å². The van der Waals surface area contributed by atoms with E-state index < -0.39 is 6.61 Å². The lowest BCUT2D eigenvalue weighted by molar-refractivity contribution is -0.135. The lowest BCUT2D eigenvalue weighted by Gasteiger charge is -2.31. The zero-order valence-corrected chi connectivity index (χ0v) is 20.8. The van der Waals surface area contributed by atoms with Crippen LogP contribution in [-0.4, -0.2) is 55.8 Å². The molecule has 4 aromatic rings. The van der Waals surface area contributed by atoms with Crippen LogP contribution in [0.25, 0.3) is 22.5 Å². The van der Waals surface area contributed by atoms with E-state index in [1.807, 2.05) is 42.5 Å². The van der Waals surface area contributed by atoms with Crippen LogP contribution in [0.2, 0.25) is 5.02 Å². The molecule has 1 amide bonds. The zero-order valence-electron chi connectivity index (χ0n) is 20.1. The van der Waals surface area contributed by atoms with E-state index in [9.17, 15) is 9.90 Å². The van der Waals surface area contributed by atoms with Gasteiger partial charge in [0, 0.05) is 53.5 Å². The number of piperidine rings is 1. The van der Waals surface area contributed by atoms with E-state index in [0.717, 1.165) is 46.6 Å². The predicted molar refractivity (Wildman–Crippen MR) is 140 cm³/mol. The number of aliphatic hydroxyl groups is 1. The Morgan fingerprint density at radius 1 is 1.11 bits per heavy atom. The van der Waals surface area contributed by atoms with Gasteiger partial charge in [-0.1, -0.05) is 35.9 Å².